The SMILES string of the molecule is COc1cccc(C2=CC(N)=N[N]2)c1. The van der Waals surface area contributed by atoms with Crippen molar-refractivity contribution in [1.82, 2.24) is 5.43 Å². The standard InChI is InChI=1S/C10H10N3O/c1-14-8-4-2-3-7(5-8)9-6-10(11)13-12-9/h2-6H,1H3,(H2,11,13). The third-order valence-corrected chi connectivity index (χ3v) is 1.92. The van der Waals surface area contributed by atoms with Gasteiger partial charge in [0.05, 0.1) is 12.8 Å². The number of benzene rings is 1. The molecule has 0 saturated carbocycles. The van der Waals surface area contributed by atoms with Crippen LogP contribution in [0.1, 0.15) is 5.56 Å². The molecule has 1 aliphatic heterocycles. The van der Waals surface area contributed by atoms with Crippen molar-refractivity contribution in [1.29, 1.82) is 0 Å². The molecule has 0 atom stereocenters. The summed E-state index contributed by atoms with van der Waals surface area (Å²) in [6.07, 6.45) is 1.73. The number of ether oxygens (including phenoxy) is 1. The predicted octanol–water partition coefficient (Wildman–Crippen LogP) is 0.926. The highest BCUT2D eigenvalue weighted by atomic mass is 16.5. The van der Waals surface area contributed by atoms with Crippen molar-refractivity contribution in [3.05, 3.63) is 35.9 Å². The van der Waals surface area contributed by atoms with Gasteiger partial charge in [0.25, 0.3) is 0 Å². The molecule has 4 heteroatoms. The average molecular weight is 188 g/mol. The number of nitrogens with zero attached hydrogens (tertiary/aromatic N) is 2. The number of methoxy groups -OCH3 is 1. The number of nitrogens with two attached hydrogens (primary N) is 1. The van der Waals surface area contributed by atoms with Crippen LogP contribution in [-0.4, -0.2) is 12.9 Å². The van der Waals surface area contributed by atoms with Gasteiger partial charge in [0.1, 0.15) is 11.6 Å². The molecule has 2 rings (SSSR count). The Bertz CT molecular complexity index is 410. The van der Waals surface area contributed by atoms with Gasteiger partial charge in [-0.3, -0.25) is 0 Å². The van der Waals surface area contributed by atoms with E-state index >= 15 is 0 Å². The van der Waals surface area contributed by atoms with Crippen molar-refractivity contribution in [3.63, 3.8) is 0 Å². The Morgan fingerprint density at radius 2 is 2.21 bits per heavy atom. The maximum atomic E-state index is 5.48. The smallest absolute Gasteiger partial charge is 0.148 e. The molecule has 0 amide bonds. The van der Waals surface area contributed by atoms with Crippen molar-refractivity contribution in [2.75, 3.05) is 7.11 Å². The summed E-state index contributed by atoms with van der Waals surface area (Å²) in [6, 6.07) is 7.61. The zero-order valence-electron chi connectivity index (χ0n) is 7.77. The molecule has 1 aromatic carbocycles. The number of rotatable bonds is 2. The molecule has 1 aliphatic rings. The largest absolute Gasteiger partial charge is 0.497 e. The van der Waals surface area contributed by atoms with Crippen LogP contribution in [0.4, 0.5) is 0 Å². The fraction of sp³-hybridized carbons (Fsp3) is 0.100. The molecule has 0 bridgehead atoms. The van der Waals surface area contributed by atoms with Gasteiger partial charge in [0, 0.05) is 11.6 Å². The zero-order chi connectivity index (χ0) is 9.97. The first-order chi connectivity index (χ1) is 6.79. The van der Waals surface area contributed by atoms with E-state index in [1.54, 1.807) is 13.2 Å². The van der Waals surface area contributed by atoms with Crippen LogP contribution in [0.3, 0.4) is 0 Å². The predicted molar refractivity (Wildman–Crippen MR) is 54.7 cm³/mol. The molecular weight excluding hydrogens is 178 g/mol. The van der Waals surface area contributed by atoms with Crippen LogP contribution in [0.15, 0.2) is 35.4 Å². The molecule has 71 valence electrons. The lowest BCUT2D eigenvalue weighted by Gasteiger charge is -2.02. The summed E-state index contributed by atoms with van der Waals surface area (Å²) >= 11 is 0. The van der Waals surface area contributed by atoms with E-state index in [4.69, 9.17) is 10.5 Å². The molecule has 0 aliphatic carbocycles. The minimum atomic E-state index is 0.433. The normalized spacial score (nSPS) is 14.4. The number of hydrogen-bond donors (Lipinski definition) is 1. The Labute approximate surface area is 82.1 Å². The fourth-order valence-corrected chi connectivity index (χ4v) is 1.23. The molecular formula is C10H10N3O. The van der Waals surface area contributed by atoms with Gasteiger partial charge in [-0.2, -0.15) is 0 Å². The van der Waals surface area contributed by atoms with Crippen LogP contribution >= 0.6 is 0 Å². The van der Waals surface area contributed by atoms with Crippen molar-refractivity contribution in [2.45, 2.75) is 0 Å². The van der Waals surface area contributed by atoms with Crippen molar-refractivity contribution in [3.8, 4) is 5.75 Å². The molecule has 0 aromatic heterocycles. The van der Waals surface area contributed by atoms with Crippen molar-refractivity contribution in [2.24, 2.45) is 10.8 Å². The van der Waals surface area contributed by atoms with Gasteiger partial charge in [0.2, 0.25) is 0 Å². The van der Waals surface area contributed by atoms with Crippen molar-refractivity contribution >= 4 is 11.5 Å². The van der Waals surface area contributed by atoms with Crippen LogP contribution in [0.2, 0.25) is 0 Å². The van der Waals surface area contributed by atoms with Gasteiger partial charge in [-0.1, -0.05) is 12.1 Å². The maximum Gasteiger partial charge on any atom is 0.148 e. The van der Waals surface area contributed by atoms with Gasteiger partial charge < -0.3 is 10.5 Å². The topological polar surface area (TPSA) is 61.7 Å². The van der Waals surface area contributed by atoms with E-state index in [0.29, 0.717) is 5.84 Å². The molecule has 1 radical (unpaired) electrons. The van der Waals surface area contributed by atoms with Crippen LogP contribution in [0.25, 0.3) is 5.70 Å². The lowest BCUT2D eigenvalue weighted by atomic mass is 10.1. The number of hydrogen-bond acceptors (Lipinski definition) is 3. The molecule has 1 aromatic rings. The minimum Gasteiger partial charge on any atom is -0.497 e. The third kappa shape index (κ3) is 1.54. The van der Waals surface area contributed by atoms with Crippen LogP contribution in [-0.2, 0) is 0 Å². The molecule has 1 heterocycles. The Hall–Kier alpha value is -1.97. The highest BCUT2D eigenvalue weighted by Gasteiger charge is 2.09. The second kappa shape index (κ2) is 3.41. The number of amidine groups is 1. The van der Waals surface area contributed by atoms with E-state index in [1.807, 2.05) is 24.3 Å². The molecule has 14 heavy (non-hydrogen) atoms. The Morgan fingerprint density at radius 3 is 2.86 bits per heavy atom. The van der Waals surface area contributed by atoms with Gasteiger partial charge in [0.15, 0.2) is 0 Å². The maximum absolute atomic E-state index is 5.48. The molecule has 0 fully saturated rings. The highest BCUT2D eigenvalue weighted by Crippen LogP contribution is 2.20. The Balaban J connectivity index is 2.30. The van der Waals surface area contributed by atoms with E-state index < -0.39 is 0 Å². The third-order valence-electron chi connectivity index (χ3n) is 1.92. The lowest BCUT2D eigenvalue weighted by Crippen LogP contribution is -2.04. The van der Waals surface area contributed by atoms with Crippen LogP contribution in [0.5, 0.6) is 5.75 Å². The van der Waals surface area contributed by atoms with Crippen LogP contribution in [0, 0.1) is 0 Å². The van der Waals surface area contributed by atoms with Crippen molar-refractivity contribution < 1.29 is 4.74 Å². The van der Waals surface area contributed by atoms with Gasteiger partial charge in [-0.05, 0) is 12.1 Å². The summed E-state index contributed by atoms with van der Waals surface area (Å²) in [5.41, 5.74) is 11.1. The van der Waals surface area contributed by atoms with Gasteiger partial charge >= 0.3 is 0 Å². The van der Waals surface area contributed by atoms with Crippen LogP contribution < -0.4 is 15.9 Å². The second-order valence-electron chi connectivity index (χ2n) is 2.89. The fourth-order valence-electron chi connectivity index (χ4n) is 1.23. The lowest BCUT2D eigenvalue weighted by molar-refractivity contribution is 0.414. The Kier molecular flexibility index (Phi) is 2.10. The monoisotopic (exact) mass is 188 g/mol. The molecule has 0 spiro atoms. The Morgan fingerprint density at radius 1 is 1.36 bits per heavy atom. The highest BCUT2D eigenvalue weighted by molar-refractivity contribution is 6.00. The van der Waals surface area contributed by atoms with E-state index in [0.717, 1.165) is 17.0 Å². The van der Waals surface area contributed by atoms with Gasteiger partial charge in [-0.15, -0.1) is 10.5 Å². The summed E-state index contributed by atoms with van der Waals surface area (Å²) in [5.74, 6) is 1.23. The molecule has 4 nitrogen and oxygen atoms in total. The summed E-state index contributed by atoms with van der Waals surface area (Å²) < 4.78 is 5.10. The second-order valence-corrected chi connectivity index (χ2v) is 2.89. The van der Waals surface area contributed by atoms with E-state index in [2.05, 4.69) is 10.5 Å². The first-order valence-electron chi connectivity index (χ1n) is 4.20. The average Bonchev–Trinajstić information content (AvgIpc) is 2.65. The zero-order valence-corrected chi connectivity index (χ0v) is 7.77. The van der Waals surface area contributed by atoms with E-state index in [1.165, 1.54) is 0 Å². The summed E-state index contributed by atoms with van der Waals surface area (Å²) in [6.45, 7) is 0. The molecule has 0 saturated heterocycles. The summed E-state index contributed by atoms with van der Waals surface area (Å²) in [4.78, 5) is 0. The van der Waals surface area contributed by atoms with Gasteiger partial charge in [-0.25, -0.2) is 0 Å². The molecule has 0 unspecified atom stereocenters. The minimum absolute atomic E-state index is 0.433. The molecule has 2 N–H and O–H groups in total. The first kappa shape index (κ1) is 8.62. The summed E-state index contributed by atoms with van der Waals surface area (Å²) in [7, 11) is 1.63. The van der Waals surface area contributed by atoms with E-state index in [9.17, 15) is 0 Å². The summed E-state index contributed by atoms with van der Waals surface area (Å²) in [5, 5.41) is 3.74. The van der Waals surface area contributed by atoms with E-state index in [-0.39, 0.29) is 0 Å². The quantitative estimate of drug-likeness (QED) is 0.750. The first-order valence-corrected chi connectivity index (χ1v) is 4.20.